The molecule has 0 spiro atoms. The highest BCUT2D eigenvalue weighted by Gasteiger charge is 2.42. The number of hydrogen-bond donors (Lipinski definition) is 0. The van der Waals surface area contributed by atoms with Crippen LogP contribution >= 0.6 is 0 Å². The van der Waals surface area contributed by atoms with Crippen molar-refractivity contribution < 1.29 is 22.7 Å². The molecule has 2 atom stereocenters. The maximum atomic E-state index is 13.2. The molecule has 1 amide bonds. The summed E-state index contributed by atoms with van der Waals surface area (Å²) in [4.78, 5) is 14.2. The Morgan fingerprint density at radius 1 is 1.19 bits per heavy atom. The highest BCUT2D eigenvalue weighted by Crippen LogP contribution is 2.42. The summed E-state index contributed by atoms with van der Waals surface area (Å²) in [7, 11) is 0. The summed E-state index contributed by atoms with van der Waals surface area (Å²) in [5.74, 6) is 0. The van der Waals surface area contributed by atoms with Crippen LogP contribution in [0, 0.1) is 6.92 Å². The van der Waals surface area contributed by atoms with Gasteiger partial charge in [0, 0.05) is 6.04 Å². The van der Waals surface area contributed by atoms with Gasteiger partial charge in [-0.25, -0.2) is 4.79 Å². The van der Waals surface area contributed by atoms with Crippen LogP contribution in [0.2, 0.25) is 0 Å². The molecule has 0 aliphatic carbocycles. The first-order valence-electron chi connectivity index (χ1n) is 8.86. The molecule has 1 saturated heterocycles. The highest BCUT2D eigenvalue weighted by atomic mass is 19.4. The number of fused-ring (bicyclic) bond motifs is 2. The molecule has 142 valence electrons. The first-order chi connectivity index (χ1) is 12.0. The van der Waals surface area contributed by atoms with Crippen molar-refractivity contribution in [2.45, 2.75) is 70.8 Å². The van der Waals surface area contributed by atoms with E-state index < -0.39 is 17.3 Å². The largest absolute Gasteiger partial charge is 0.444 e. The van der Waals surface area contributed by atoms with Gasteiger partial charge in [-0.05, 0) is 69.7 Å². The lowest BCUT2D eigenvalue weighted by atomic mass is 9.90. The van der Waals surface area contributed by atoms with Crippen LogP contribution in [0.1, 0.15) is 56.7 Å². The van der Waals surface area contributed by atoms with Crippen molar-refractivity contribution in [3.8, 4) is 0 Å². The molecule has 2 bridgehead atoms. The van der Waals surface area contributed by atoms with E-state index in [0.717, 1.165) is 24.5 Å². The number of alkyl halides is 3. The van der Waals surface area contributed by atoms with E-state index in [0.29, 0.717) is 12.0 Å². The van der Waals surface area contributed by atoms with Gasteiger partial charge in [0.1, 0.15) is 5.60 Å². The summed E-state index contributed by atoms with van der Waals surface area (Å²) in [5.41, 5.74) is 0.591. The average Bonchev–Trinajstić information content (AvgIpc) is 2.75. The fraction of sp³-hybridized carbons (Fsp3) is 0.550. The number of halogens is 3. The molecule has 0 N–H and O–H groups in total. The van der Waals surface area contributed by atoms with Crippen LogP contribution in [0.25, 0.3) is 5.57 Å². The zero-order valence-electron chi connectivity index (χ0n) is 15.5. The van der Waals surface area contributed by atoms with Gasteiger partial charge in [-0.2, -0.15) is 13.2 Å². The van der Waals surface area contributed by atoms with E-state index in [1.807, 2.05) is 26.8 Å². The summed E-state index contributed by atoms with van der Waals surface area (Å²) in [6, 6.07) is 4.16. The Morgan fingerprint density at radius 3 is 2.46 bits per heavy atom. The van der Waals surface area contributed by atoms with Gasteiger partial charge in [0.05, 0.1) is 11.6 Å². The SMILES string of the molecule is Cc1c(C2=CC3CCC(C2)N3C(=O)OC(C)(C)C)cccc1C(F)(F)F. The van der Waals surface area contributed by atoms with E-state index >= 15 is 0 Å². The third kappa shape index (κ3) is 3.60. The van der Waals surface area contributed by atoms with Crippen molar-refractivity contribution in [2.24, 2.45) is 0 Å². The van der Waals surface area contributed by atoms with Gasteiger partial charge in [0.15, 0.2) is 0 Å². The average molecular weight is 367 g/mol. The number of amides is 1. The summed E-state index contributed by atoms with van der Waals surface area (Å²) in [5, 5.41) is 0. The Bertz CT molecular complexity index is 746. The van der Waals surface area contributed by atoms with Gasteiger partial charge in [0.2, 0.25) is 0 Å². The molecule has 0 radical (unpaired) electrons. The lowest BCUT2D eigenvalue weighted by Gasteiger charge is -2.35. The van der Waals surface area contributed by atoms with Gasteiger partial charge in [-0.15, -0.1) is 0 Å². The normalized spacial score (nSPS) is 23.0. The van der Waals surface area contributed by atoms with E-state index in [1.54, 1.807) is 11.0 Å². The molecule has 2 unspecified atom stereocenters. The molecule has 2 heterocycles. The summed E-state index contributed by atoms with van der Waals surface area (Å²) in [6.45, 7) is 6.99. The van der Waals surface area contributed by atoms with Crippen LogP contribution in [0.15, 0.2) is 24.3 Å². The van der Waals surface area contributed by atoms with Gasteiger partial charge < -0.3 is 4.74 Å². The molecule has 1 aromatic rings. The standard InChI is InChI=1S/C20H24F3NO2/c1-12-16(6-5-7-17(12)20(21,22)23)13-10-14-8-9-15(11-13)24(14)18(25)26-19(2,3)4/h5-7,10,14-15H,8-9,11H2,1-4H3. The fourth-order valence-electron chi connectivity index (χ4n) is 3.92. The number of nitrogens with zero attached hydrogens (tertiary/aromatic N) is 1. The lowest BCUT2D eigenvalue weighted by Crippen LogP contribution is -2.45. The van der Waals surface area contributed by atoms with Crippen molar-refractivity contribution in [3.05, 3.63) is 41.0 Å². The Hall–Kier alpha value is -1.98. The number of hydrogen-bond acceptors (Lipinski definition) is 2. The Labute approximate surface area is 151 Å². The van der Waals surface area contributed by atoms with Crippen LogP contribution in [0.3, 0.4) is 0 Å². The van der Waals surface area contributed by atoms with Crippen LogP contribution in [-0.2, 0) is 10.9 Å². The van der Waals surface area contributed by atoms with Crippen LogP contribution < -0.4 is 0 Å². The molecule has 0 saturated carbocycles. The van der Waals surface area contributed by atoms with Gasteiger partial charge in [0.25, 0.3) is 0 Å². The minimum absolute atomic E-state index is 0.0243. The molecule has 6 heteroatoms. The van der Waals surface area contributed by atoms with Crippen molar-refractivity contribution in [1.82, 2.24) is 4.90 Å². The van der Waals surface area contributed by atoms with E-state index in [-0.39, 0.29) is 23.7 Å². The van der Waals surface area contributed by atoms with Crippen molar-refractivity contribution in [2.75, 3.05) is 0 Å². The van der Waals surface area contributed by atoms with Crippen LogP contribution in [0.5, 0.6) is 0 Å². The third-order valence-corrected chi connectivity index (χ3v) is 4.98. The van der Waals surface area contributed by atoms with Crippen LogP contribution in [-0.4, -0.2) is 28.7 Å². The van der Waals surface area contributed by atoms with E-state index in [1.165, 1.54) is 13.0 Å². The number of ether oxygens (including phenoxy) is 1. The number of rotatable bonds is 1. The molecule has 3 nitrogen and oxygen atoms in total. The Balaban J connectivity index is 1.90. The molecular weight excluding hydrogens is 343 g/mol. The monoisotopic (exact) mass is 367 g/mol. The van der Waals surface area contributed by atoms with E-state index in [9.17, 15) is 18.0 Å². The summed E-state index contributed by atoms with van der Waals surface area (Å²) < 4.78 is 45.1. The molecule has 3 rings (SSSR count). The topological polar surface area (TPSA) is 29.5 Å². The van der Waals surface area contributed by atoms with Crippen molar-refractivity contribution in [3.63, 3.8) is 0 Å². The first-order valence-corrected chi connectivity index (χ1v) is 8.86. The smallest absolute Gasteiger partial charge is 0.416 e. The second kappa shape index (κ2) is 6.32. The highest BCUT2D eigenvalue weighted by molar-refractivity contribution is 5.76. The number of benzene rings is 1. The van der Waals surface area contributed by atoms with Crippen molar-refractivity contribution >= 4 is 11.7 Å². The van der Waals surface area contributed by atoms with E-state index in [2.05, 4.69) is 0 Å². The minimum Gasteiger partial charge on any atom is -0.444 e. The molecule has 0 aromatic heterocycles. The second-order valence-electron chi connectivity index (χ2n) is 8.06. The predicted molar refractivity (Wildman–Crippen MR) is 93.7 cm³/mol. The van der Waals surface area contributed by atoms with E-state index in [4.69, 9.17) is 4.74 Å². The predicted octanol–water partition coefficient (Wildman–Crippen LogP) is 5.57. The second-order valence-corrected chi connectivity index (χ2v) is 8.06. The van der Waals surface area contributed by atoms with Crippen LogP contribution in [0.4, 0.5) is 18.0 Å². The molecule has 1 fully saturated rings. The Kier molecular flexibility index (Phi) is 4.57. The number of carbonyl (C=O) groups is 1. The molecule has 1 aromatic carbocycles. The molecule has 2 aliphatic rings. The zero-order valence-corrected chi connectivity index (χ0v) is 15.5. The van der Waals surface area contributed by atoms with Gasteiger partial charge in [-0.1, -0.05) is 18.2 Å². The Morgan fingerprint density at radius 2 is 1.88 bits per heavy atom. The zero-order chi connectivity index (χ0) is 19.3. The lowest BCUT2D eigenvalue weighted by molar-refractivity contribution is -0.138. The quantitative estimate of drug-likeness (QED) is 0.649. The van der Waals surface area contributed by atoms with Gasteiger partial charge in [-0.3, -0.25) is 4.90 Å². The fourth-order valence-corrected chi connectivity index (χ4v) is 3.92. The minimum atomic E-state index is -4.36. The molecule has 2 aliphatic heterocycles. The molecular formula is C20H24F3NO2. The van der Waals surface area contributed by atoms with Gasteiger partial charge >= 0.3 is 12.3 Å². The third-order valence-electron chi connectivity index (χ3n) is 4.98. The van der Waals surface area contributed by atoms with Crippen molar-refractivity contribution in [1.29, 1.82) is 0 Å². The number of carbonyl (C=O) groups excluding carboxylic acids is 1. The first kappa shape index (κ1) is 18.8. The summed E-state index contributed by atoms with van der Waals surface area (Å²) >= 11 is 0. The summed E-state index contributed by atoms with van der Waals surface area (Å²) in [6.07, 6.45) is -0.570. The maximum absolute atomic E-state index is 13.2. The maximum Gasteiger partial charge on any atom is 0.416 e. The molecule has 26 heavy (non-hydrogen) atoms.